The van der Waals surface area contributed by atoms with Gasteiger partial charge in [0.25, 0.3) is 0 Å². The first-order valence-electron chi connectivity index (χ1n) is 5.50. The Labute approximate surface area is 112 Å². The Morgan fingerprint density at radius 1 is 1.79 bits per heavy atom. The van der Waals surface area contributed by atoms with E-state index in [1.165, 1.54) is 23.3 Å². The van der Waals surface area contributed by atoms with Crippen LogP contribution in [0.2, 0.25) is 0 Å². The number of amides is 1. The van der Waals surface area contributed by atoms with Gasteiger partial charge in [-0.15, -0.1) is 11.3 Å². The fourth-order valence-corrected chi connectivity index (χ4v) is 2.65. The van der Waals surface area contributed by atoms with Crippen LogP contribution in [0.5, 0.6) is 0 Å². The van der Waals surface area contributed by atoms with Crippen molar-refractivity contribution in [3.8, 4) is 0 Å². The highest BCUT2D eigenvalue weighted by molar-refractivity contribution is 7.14. The molecular weight excluding hydrogens is 270 g/mol. The molecule has 1 atom stereocenters. The zero-order valence-corrected chi connectivity index (χ0v) is 11.0. The zero-order chi connectivity index (χ0) is 13.8. The Bertz CT molecular complexity index is 551. The topological polar surface area (TPSA) is 108 Å². The monoisotopic (exact) mass is 281 g/mol. The van der Waals surface area contributed by atoms with E-state index in [0.29, 0.717) is 18.1 Å². The molecule has 1 aromatic heterocycles. The molecule has 0 radical (unpaired) electrons. The van der Waals surface area contributed by atoms with Crippen LogP contribution in [0.15, 0.2) is 10.5 Å². The van der Waals surface area contributed by atoms with Gasteiger partial charge >= 0.3 is 5.97 Å². The normalized spacial score (nSPS) is 18.3. The first-order chi connectivity index (χ1) is 9.15. The lowest BCUT2D eigenvalue weighted by molar-refractivity contribution is -0.117. The number of nitrogens with zero attached hydrogens (tertiary/aromatic N) is 5. The average Bonchev–Trinajstić information content (AvgIpc) is 3.02. The second kappa shape index (κ2) is 5.68. The maximum absolute atomic E-state index is 11.8. The van der Waals surface area contributed by atoms with Crippen LogP contribution in [0, 0.1) is 5.92 Å². The van der Waals surface area contributed by atoms with E-state index in [9.17, 15) is 9.59 Å². The van der Waals surface area contributed by atoms with Crippen LogP contribution in [0.25, 0.3) is 10.4 Å². The lowest BCUT2D eigenvalue weighted by Gasteiger charge is -2.11. The van der Waals surface area contributed by atoms with Crippen molar-refractivity contribution in [3.05, 3.63) is 21.5 Å². The maximum Gasteiger partial charge on any atom is 0.357 e. The van der Waals surface area contributed by atoms with Crippen molar-refractivity contribution in [2.45, 2.75) is 6.42 Å². The van der Waals surface area contributed by atoms with Gasteiger partial charge < -0.3 is 4.74 Å². The molecule has 8 nitrogen and oxygen atoms in total. The van der Waals surface area contributed by atoms with E-state index < -0.39 is 5.97 Å². The molecule has 19 heavy (non-hydrogen) atoms. The summed E-state index contributed by atoms with van der Waals surface area (Å²) in [6.45, 7) is 0.736. The third-order valence-electron chi connectivity index (χ3n) is 2.73. The number of hydrogen-bond donors (Lipinski definition) is 0. The number of esters is 1. The number of anilines is 1. The molecule has 100 valence electrons. The highest BCUT2D eigenvalue weighted by Crippen LogP contribution is 2.28. The first-order valence-corrected chi connectivity index (χ1v) is 6.38. The number of rotatable bonds is 4. The van der Waals surface area contributed by atoms with Crippen molar-refractivity contribution in [2.24, 2.45) is 11.0 Å². The number of carbonyl (C=O) groups is 2. The molecule has 1 saturated heterocycles. The molecule has 0 aromatic carbocycles. The Hall–Kier alpha value is -2.12. The van der Waals surface area contributed by atoms with Crippen LogP contribution in [-0.4, -0.2) is 37.1 Å². The summed E-state index contributed by atoms with van der Waals surface area (Å²) in [5.74, 6) is -0.613. The molecule has 2 heterocycles. The van der Waals surface area contributed by atoms with Gasteiger partial charge in [0.15, 0.2) is 10.8 Å². The molecule has 0 spiro atoms. The molecule has 1 aliphatic heterocycles. The predicted octanol–water partition coefficient (Wildman–Crippen LogP) is 1.59. The number of hydrogen-bond acceptors (Lipinski definition) is 6. The minimum absolute atomic E-state index is 0.00567. The Balaban J connectivity index is 2.09. The number of methoxy groups -OCH3 is 1. The minimum Gasteiger partial charge on any atom is -0.464 e. The summed E-state index contributed by atoms with van der Waals surface area (Å²) in [5, 5.41) is 5.49. The van der Waals surface area contributed by atoms with Gasteiger partial charge in [-0.05, 0) is 11.4 Å². The van der Waals surface area contributed by atoms with Gasteiger partial charge in [-0.2, -0.15) is 0 Å². The molecule has 0 bridgehead atoms. The quantitative estimate of drug-likeness (QED) is 0.361. The summed E-state index contributed by atoms with van der Waals surface area (Å²) < 4.78 is 4.56. The van der Waals surface area contributed by atoms with E-state index in [4.69, 9.17) is 5.53 Å². The van der Waals surface area contributed by atoms with Gasteiger partial charge in [0.05, 0.1) is 7.11 Å². The molecule has 1 aliphatic rings. The number of thiazole rings is 1. The molecule has 1 amide bonds. The molecule has 0 saturated carbocycles. The number of aromatic nitrogens is 1. The summed E-state index contributed by atoms with van der Waals surface area (Å²) in [5.41, 5.74) is 8.45. The Kier molecular flexibility index (Phi) is 3.98. The van der Waals surface area contributed by atoms with E-state index in [0.717, 1.165) is 0 Å². The molecule has 9 heteroatoms. The van der Waals surface area contributed by atoms with Crippen LogP contribution in [0.4, 0.5) is 5.13 Å². The molecular formula is C10H11N5O3S. The second-order valence-corrected chi connectivity index (χ2v) is 4.83. The van der Waals surface area contributed by atoms with Crippen molar-refractivity contribution in [1.82, 2.24) is 4.98 Å². The molecule has 1 fully saturated rings. The minimum atomic E-state index is -0.528. The predicted molar refractivity (Wildman–Crippen MR) is 67.9 cm³/mol. The fourth-order valence-electron chi connectivity index (χ4n) is 1.83. The van der Waals surface area contributed by atoms with Crippen molar-refractivity contribution in [1.29, 1.82) is 0 Å². The summed E-state index contributed by atoms with van der Waals surface area (Å²) in [6.07, 6.45) is 0.326. The van der Waals surface area contributed by atoms with Gasteiger partial charge in [-0.1, -0.05) is 5.11 Å². The molecule has 0 aliphatic carbocycles. The van der Waals surface area contributed by atoms with Crippen molar-refractivity contribution < 1.29 is 14.3 Å². The van der Waals surface area contributed by atoms with Crippen molar-refractivity contribution in [2.75, 3.05) is 25.1 Å². The molecule has 0 N–H and O–H groups in total. The van der Waals surface area contributed by atoms with Crippen LogP contribution < -0.4 is 4.90 Å². The van der Waals surface area contributed by atoms with Crippen LogP contribution in [-0.2, 0) is 9.53 Å². The lowest BCUT2D eigenvalue weighted by Crippen LogP contribution is -2.24. The zero-order valence-electron chi connectivity index (χ0n) is 10.1. The molecule has 1 aromatic rings. The van der Waals surface area contributed by atoms with Crippen molar-refractivity contribution >= 4 is 28.3 Å². The lowest BCUT2D eigenvalue weighted by atomic mass is 10.1. The SMILES string of the molecule is COC(=O)c1csc(N2CC(CN=[N+]=[N-])CC2=O)n1. The van der Waals surface area contributed by atoms with Gasteiger partial charge in [0, 0.05) is 29.8 Å². The summed E-state index contributed by atoms with van der Waals surface area (Å²) >= 11 is 1.21. The third kappa shape index (κ3) is 2.83. The summed E-state index contributed by atoms with van der Waals surface area (Å²) in [6, 6.07) is 0. The highest BCUT2D eigenvalue weighted by Gasteiger charge is 2.32. The smallest absolute Gasteiger partial charge is 0.357 e. The van der Waals surface area contributed by atoms with Crippen LogP contribution >= 0.6 is 11.3 Å². The summed E-state index contributed by atoms with van der Waals surface area (Å²) in [4.78, 5) is 31.4. The maximum atomic E-state index is 11.8. The average molecular weight is 281 g/mol. The standard InChI is InChI=1S/C10H11N5O3S/c1-18-9(17)7-5-19-10(13-7)15-4-6(2-8(15)16)3-12-14-11/h5-6H,2-4H2,1H3. The van der Waals surface area contributed by atoms with E-state index in [2.05, 4.69) is 19.7 Å². The molecule has 1 unspecified atom stereocenters. The Morgan fingerprint density at radius 2 is 2.58 bits per heavy atom. The second-order valence-electron chi connectivity index (χ2n) is 3.99. The van der Waals surface area contributed by atoms with E-state index in [1.807, 2.05) is 0 Å². The van der Waals surface area contributed by atoms with Gasteiger partial charge in [-0.25, -0.2) is 9.78 Å². The highest BCUT2D eigenvalue weighted by atomic mass is 32.1. The Morgan fingerprint density at radius 3 is 3.26 bits per heavy atom. The van der Waals surface area contributed by atoms with E-state index >= 15 is 0 Å². The van der Waals surface area contributed by atoms with Crippen molar-refractivity contribution in [3.63, 3.8) is 0 Å². The first kappa shape index (κ1) is 13.3. The van der Waals surface area contributed by atoms with E-state index in [1.54, 1.807) is 5.38 Å². The number of carbonyl (C=O) groups excluding carboxylic acids is 2. The van der Waals surface area contributed by atoms with Gasteiger partial charge in [-0.3, -0.25) is 9.69 Å². The van der Waals surface area contributed by atoms with Gasteiger partial charge in [0.1, 0.15) is 0 Å². The summed E-state index contributed by atoms with van der Waals surface area (Å²) in [7, 11) is 1.28. The van der Waals surface area contributed by atoms with E-state index in [-0.39, 0.29) is 24.1 Å². The van der Waals surface area contributed by atoms with Gasteiger partial charge in [0.2, 0.25) is 5.91 Å². The third-order valence-corrected chi connectivity index (χ3v) is 3.59. The largest absolute Gasteiger partial charge is 0.464 e. The van der Waals surface area contributed by atoms with Crippen LogP contribution in [0.1, 0.15) is 16.9 Å². The fraction of sp³-hybridized carbons (Fsp3) is 0.500. The molecule has 2 rings (SSSR count). The van der Waals surface area contributed by atoms with Crippen LogP contribution in [0.3, 0.4) is 0 Å². The number of ether oxygens (including phenoxy) is 1. The number of azide groups is 1.